The van der Waals surface area contributed by atoms with Crippen molar-refractivity contribution in [3.05, 3.63) is 130 Å². The molecule has 202 valence electrons. The first kappa shape index (κ1) is 26.7. The number of carbonyl (C=O) groups is 3. The minimum atomic E-state index is -0.531. The van der Waals surface area contributed by atoms with E-state index in [4.69, 9.17) is 14.2 Å². The maximum atomic E-state index is 13.8. The molecule has 5 rings (SSSR count). The molecule has 7 heteroatoms. The zero-order valence-electron chi connectivity index (χ0n) is 22.2. The summed E-state index contributed by atoms with van der Waals surface area (Å²) >= 11 is 0. The fourth-order valence-electron chi connectivity index (χ4n) is 4.58. The Morgan fingerprint density at radius 3 is 2.12 bits per heavy atom. The van der Waals surface area contributed by atoms with Crippen LogP contribution in [0.1, 0.15) is 49.9 Å². The third kappa shape index (κ3) is 6.38. The highest BCUT2D eigenvalue weighted by Gasteiger charge is 2.27. The predicted molar refractivity (Wildman–Crippen MR) is 149 cm³/mol. The van der Waals surface area contributed by atoms with E-state index in [1.807, 2.05) is 84.9 Å². The van der Waals surface area contributed by atoms with Crippen LogP contribution >= 0.6 is 0 Å². The fourth-order valence-corrected chi connectivity index (χ4v) is 4.58. The van der Waals surface area contributed by atoms with Gasteiger partial charge in [0.15, 0.2) is 0 Å². The molecule has 0 unspecified atom stereocenters. The molecular formula is C33H29NO6. The van der Waals surface area contributed by atoms with Crippen molar-refractivity contribution in [3.63, 3.8) is 0 Å². The van der Waals surface area contributed by atoms with Crippen LogP contribution in [-0.4, -0.2) is 29.4 Å². The monoisotopic (exact) mass is 535 g/mol. The summed E-state index contributed by atoms with van der Waals surface area (Å²) in [5.74, 6) is 0.256. The Morgan fingerprint density at radius 1 is 0.825 bits per heavy atom. The molecule has 0 aromatic heterocycles. The number of para-hydroxylation sites is 1. The lowest BCUT2D eigenvalue weighted by atomic mass is 9.97. The maximum absolute atomic E-state index is 13.8. The molecule has 1 heterocycles. The van der Waals surface area contributed by atoms with Gasteiger partial charge < -0.3 is 19.1 Å². The van der Waals surface area contributed by atoms with Crippen LogP contribution in [-0.2, 0) is 40.4 Å². The highest BCUT2D eigenvalue weighted by Crippen LogP contribution is 2.27. The van der Waals surface area contributed by atoms with Gasteiger partial charge >= 0.3 is 11.9 Å². The van der Waals surface area contributed by atoms with Gasteiger partial charge in [-0.2, -0.15) is 0 Å². The Hall–Kier alpha value is -4.91. The van der Waals surface area contributed by atoms with Crippen LogP contribution in [0.5, 0.6) is 11.5 Å². The number of esters is 2. The first-order valence-corrected chi connectivity index (χ1v) is 13.1. The third-order valence-electron chi connectivity index (χ3n) is 6.59. The number of carbonyl (C=O) groups excluding carboxylic acids is 3. The second-order valence-corrected chi connectivity index (χ2v) is 9.43. The average molecular weight is 536 g/mol. The van der Waals surface area contributed by atoms with Crippen molar-refractivity contribution in [1.82, 2.24) is 4.90 Å². The van der Waals surface area contributed by atoms with E-state index in [0.717, 1.165) is 16.9 Å². The van der Waals surface area contributed by atoms with Gasteiger partial charge in [0.1, 0.15) is 18.1 Å². The first-order valence-electron chi connectivity index (χ1n) is 13.1. The van der Waals surface area contributed by atoms with Gasteiger partial charge in [-0.3, -0.25) is 4.79 Å². The van der Waals surface area contributed by atoms with E-state index >= 15 is 0 Å². The zero-order chi connectivity index (χ0) is 27.9. The predicted octanol–water partition coefficient (Wildman–Crippen LogP) is 6.10. The Balaban J connectivity index is 1.39. The third-order valence-corrected chi connectivity index (χ3v) is 6.59. The number of rotatable bonds is 10. The molecule has 4 aromatic carbocycles. The Kier molecular flexibility index (Phi) is 8.21. The van der Waals surface area contributed by atoms with Gasteiger partial charge in [0, 0.05) is 18.7 Å². The summed E-state index contributed by atoms with van der Waals surface area (Å²) < 4.78 is 16.3. The van der Waals surface area contributed by atoms with Crippen LogP contribution in [0, 0.1) is 0 Å². The van der Waals surface area contributed by atoms with Gasteiger partial charge in [0.2, 0.25) is 5.91 Å². The summed E-state index contributed by atoms with van der Waals surface area (Å²) in [7, 11) is 0. The van der Waals surface area contributed by atoms with E-state index < -0.39 is 11.9 Å². The van der Waals surface area contributed by atoms with Crippen LogP contribution < -0.4 is 4.74 Å². The second kappa shape index (κ2) is 12.3. The van der Waals surface area contributed by atoms with Gasteiger partial charge in [0.25, 0.3) is 0 Å². The van der Waals surface area contributed by atoms with Gasteiger partial charge in [-0.1, -0.05) is 60.7 Å². The molecule has 1 amide bonds. The highest BCUT2D eigenvalue weighted by molar-refractivity contribution is 5.98. The maximum Gasteiger partial charge on any atom is 0.338 e. The van der Waals surface area contributed by atoms with Crippen LogP contribution in [0.3, 0.4) is 0 Å². The molecule has 7 nitrogen and oxygen atoms in total. The molecule has 0 atom stereocenters. The number of fused-ring (bicyclic) bond motifs is 1. The highest BCUT2D eigenvalue weighted by atomic mass is 16.5. The first-order chi connectivity index (χ1) is 19.5. The summed E-state index contributed by atoms with van der Waals surface area (Å²) in [6, 6.07) is 30.0. The lowest BCUT2D eigenvalue weighted by Gasteiger charge is -2.24. The minimum Gasteiger partial charge on any atom is -0.462 e. The normalized spacial score (nSPS) is 11.9. The SMILES string of the molecule is CCOC(=O)c1cc2c(cc1CC(=O)N(Cc1ccccc1)Cc1ccc(Oc3ccccc3)cc1)C(=O)OC2. The van der Waals surface area contributed by atoms with E-state index in [9.17, 15) is 14.4 Å². The summed E-state index contributed by atoms with van der Waals surface area (Å²) in [6.45, 7) is 2.74. The summed E-state index contributed by atoms with van der Waals surface area (Å²) in [6.07, 6.45) is -0.0727. The zero-order valence-corrected chi connectivity index (χ0v) is 22.2. The quantitative estimate of drug-likeness (QED) is 0.228. The Morgan fingerprint density at radius 2 is 1.45 bits per heavy atom. The fraction of sp³-hybridized carbons (Fsp3) is 0.182. The second-order valence-electron chi connectivity index (χ2n) is 9.43. The van der Waals surface area contributed by atoms with Gasteiger partial charge in [-0.05, 0) is 60.0 Å². The standard InChI is InChI=1S/C33H29NO6/c1-2-38-32(36)29-18-26-22-39-33(37)30(26)17-25(29)19-31(35)34(20-23-9-5-3-6-10-23)21-24-13-15-28(16-14-24)40-27-11-7-4-8-12-27/h3-18H,2,19-22H2,1H3. The van der Waals surface area contributed by atoms with Crippen molar-refractivity contribution < 1.29 is 28.6 Å². The molecule has 0 fully saturated rings. The van der Waals surface area contributed by atoms with Crippen molar-refractivity contribution in [2.24, 2.45) is 0 Å². The van der Waals surface area contributed by atoms with Crippen molar-refractivity contribution >= 4 is 17.8 Å². The molecule has 0 saturated heterocycles. The number of hydrogen-bond donors (Lipinski definition) is 0. The number of benzene rings is 4. The van der Waals surface area contributed by atoms with Crippen LogP contribution in [0.15, 0.2) is 97.1 Å². The van der Waals surface area contributed by atoms with E-state index in [2.05, 4.69) is 0 Å². The molecule has 0 bridgehead atoms. The largest absolute Gasteiger partial charge is 0.462 e. The average Bonchev–Trinajstić information content (AvgIpc) is 3.33. The van der Waals surface area contributed by atoms with Crippen molar-refractivity contribution in [2.45, 2.75) is 33.0 Å². The molecule has 0 aliphatic carbocycles. The molecule has 0 radical (unpaired) electrons. The van der Waals surface area contributed by atoms with Crippen LogP contribution in [0.4, 0.5) is 0 Å². The molecular weight excluding hydrogens is 506 g/mol. The Labute approximate surface area is 232 Å². The molecule has 0 saturated carbocycles. The molecule has 0 N–H and O–H groups in total. The summed E-state index contributed by atoms with van der Waals surface area (Å²) in [5.41, 5.74) is 3.60. The number of cyclic esters (lactones) is 1. The number of hydrogen-bond acceptors (Lipinski definition) is 6. The van der Waals surface area contributed by atoms with Crippen LogP contribution in [0.2, 0.25) is 0 Å². The van der Waals surface area contributed by atoms with Gasteiger partial charge in [-0.15, -0.1) is 0 Å². The number of amides is 1. The molecule has 40 heavy (non-hydrogen) atoms. The van der Waals surface area contributed by atoms with E-state index in [-0.39, 0.29) is 31.1 Å². The minimum absolute atomic E-state index is 0.0727. The molecule has 0 spiro atoms. The molecule has 4 aromatic rings. The summed E-state index contributed by atoms with van der Waals surface area (Å²) in [5, 5.41) is 0. The van der Waals surface area contributed by atoms with Crippen LogP contribution in [0.25, 0.3) is 0 Å². The number of ether oxygens (including phenoxy) is 3. The van der Waals surface area contributed by atoms with E-state index in [1.165, 1.54) is 0 Å². The van der Waals surface area contributed by atoms with E-state index in [1.54, 1.807) is 24.0 Å². The molecule has 1 aliphatic rings. The van der Waals surface area contributed by atoms with Crippen molar-refractivity contribution in [2.75, 3.05) is 6.61 Å². The lowest BCUT2D eigenvalue weighted by Crippen LogP contribution is -2.32. The van der Waals surface area contributed by atoms with Gasteiger partial charge in [0.05, 0.1) is 24.2 Å². The van der Waals surface area contributed by atoms with Crippen molar-refractivity contribution in [1.29, 1.82) is 0 Å². The topological polar surface area (TPSA) is 82.1 Å². The molecule has 1 aliphatic heterocycles. The number of nitrogens with zero attached hydrogens (tertiary/aromatic N) is 1. The lowest BCUT2D eigenvalue weighted by molar-refractivity contribution is -0.131. The Bertz CT molecular complexity index is 1500. The smallest absolute Gasteiger partial charge is 0.338 e. The van der Waals surface area contributed by atoms with Gasteiger partial charge in [-0.25, -0.2) is 9.59 Å². The van der Waals surface area contributed by atoms with E-state index in [0.29, 0.717) is 35.5 Å². The summed E-state index contributed by atoms with van der Waals surface area (Å²) in [4.78, 5) is 40.5. The van der Waals surface area contributed by atoms with Crippen molar-refractivity contribution in [3.8, 4) is 11.5 Å².